The molecule has 2 aliphatic heterocycles. The molecule has 0 aromatic carbocycles. The average molecular weight is 200 g/mol. The average Bonchev–Trinajstić information content (AvgIpc) is 2.73. The fourth-order valence-electron chi connectivity index (χ4n) is 2.63. The maximum Gasteiger partial charge on any atom is 0.0432 e. The van der Waals surface area contributed by atoms with Crippen molar-refractivity contribution in [2.24, 2.45) is 5.73 Å². The first-order valence-electron chi connectivity index (χ1n) is 5.33. The highest BCUT2D eigenvalue weighted by Gasteiger charge is 2.42. The fourth-order valence-corrected chi connectivity index (χ4v) is 4.07. The van der Waals surface area contributed by atoms with Crippen LogP contribution in [0.1, 0.15) is 26.2 Å². The van der Waals surface area contributed by atoms with Crippen LogP contribution in [0.25, 0.3) is 0 Å². The SMILES string of the molecule is CC1CC(CN)(N2CCCC2)CS1. The van der Waals surface area contributed by atoms with E-state index >= 15 is 0 Å². The van der Waals surface area contributed by atoms with Crippen molar-refractivity contribution in [1.82, 2.24) is 4.90 Å². The summed E-state index contributed by atoms with van der Waals surface area (Å²) in [5.41, 5.74) is 6.32. The molecule has 2 aliphatic rings. The van der Waals surface area contributed by atoms with Crippen LogP contribution in [0.3, 0.4) is 0 Å². The van der Waals surface area contributed by atoms with Gasteiger partial charge < -0.3 is 5.73 Å². The summed E-state index contributed by atoms with van der Waals surface area (Å²) in [5.74, 6) is 1.25. The van der Waals surface area contributed by atoms with Crippen LogP contribution in [0.15, 0.2) is 0 Å². The topological polar surface area (TPSA) is 29.3 Å². The third kappa shape index (κ3) is 1.74. The number of thioether (sulfide) groups is 1. The molecule has 2 unspecified atom stereocenters. The highest BCUT2D eigenvalue weighted by Crippen LogP contribution is 2.39. The Morgan fingerprint density at radius 1 is 1.46 bits per heavy atom. The molecule has 2 nitrogen and oxygen atoms in total. The Kier molecular flexibility index (Phi) is 2.86. The number of rotatable bonds is 2. The molecule has 0 aliphatic carbocycles. The lowest BCUT2D eigenvalue weighted by Gasteiger charge is -2.37. The van der Waals surface area contributed by atoms with Crippen molar-refractivity contribution in [2.45, 2.75) is 37.0 Å². The molecule has 3 heteroatoms. The van der Waals surface area contributed by atoms with E-state index in [4.69, 9.17) is 5.73 Å². The second kappa shape index (κ2) is 3.79. The summed E-state index contributed by atoms with van der Waals surface area (Å²) < 4.78 is 0. The summed E-state index contributed by atoms with van der Waals surface area (Å²) in [7, 11) is 0. The number of nitrogens with two attached hydrogens (primary N) is 1. The molecule has 2 atom stereocenters. The van der Waals surface area contributed by atoms with Gasteiger partial charge in [-0.2, -0.15) is 11.8 Å². The van der Waals surface area contributed by atoms with Crippen LogP contribution in [-0.4, -0.2) is 41.1 Å². The van der Waals surface area contributed by atoms with Gasteiger partial charge in [0, 0.05) is 23.1 Å². The van der Waals surface area contributed by atoms with Gasteiger partial charge in [0.25, 0.3) is 0 Å². The van der Waals surface area contributed by atoms with E-state index in [0.29, 0.717) is 5.54 Å². The summed E-state index contributed by atoms with van der Waals surface area (Å²) in [6, 6.07) is 0. The van der Waals surface area contributed by atoms with Gasteiger partial charge in [-0.1, -0.05) is 6.92 Å². The first-order chi connectivity index (χ1) is 6.27. The van der Waals surface area contributed by atoms with E-state index < -0.39 is 0 Å². The second-order valence-corrected chi connectivity index (χ2v) is 5.88. The van der Waals surface area contributed by atoms with Crippen LogP contribution in [0.5, 0.6) is 0 Å². The predicted molar refractivity (Wildman–Crippen MR) is 59.1 cm³/mol. The van der Waals surface area contributed by atoms with Crippen LogP contribution < -0.4 is 5.73 Å². The number of nitrogens with zero attached hydrogens (tertiary/aromatic N) is 1. The van der Waals surface area contributed by atoms with Gasteiger partial charge in [-0.25, -0.2) is 0 Å². The maximum absolute atomic E-state index is 5.96. The van der Waals surface area contributed by atoms with Crippen LogP contribution >= 0.6 is 11.8 Å². The van der Waals surface area contributed by atoms with Gasteiger partial charge in [-0.05, 0) is 32.4 Å². The summed E-state index contributed by atoms with van der Waals surface area (Å²) in [6.07, 6.45) is 4.05. The normalized spacial score (nSPS) is 41.5. The zero-order chi connectivity index (χ0) is 9.31. The zero-order valence-corrected chi connectivity index (χ0v) is 9.28. The van der Waals surface area contributed by atoms with Gasteiger partial charge in [0.05, 0.1) is 0 Å². The Morgan fingerprint density at radius 3 is 2.62 bits per heavy atom. The van der Waals surface area contributed by atoms with E-state index in [0.717, 1.165) is 11.8 Å². The molecule has 2 fully saturated rings. The largest absolute Gasteiger partial charge is 0.329 e. The minimum absolute atomic E-state index is 0.362. The lowest BCUT2D eigenvalue weighted by atomic mass is 9.94. The van der Waals surface area contributed by atoms with Crippen molar-refractivity contribution in [3.05, 3.63) is 0 Å². The van der Waals surface area contributed by atoms with Crippen molar-refractivity contribution < 1.29 is 0 Å². The van der Waals surface area contributed by atoms with E-state index in [-0.39, 0.29) is 0 Å². The standard InChI is InChI=1S/C10H20N2S/c1-9-6-10(7-11,8-13-9)12-4-2-3-5-12/h9H,2-8,11H2,1H3. The first-order valence-corrected chi connectivity index (χ1v) is 6.38. The van der Waals surface area contributed by atoms with Crippen LogP contribution in [0, 0.1) is 0 Å². The third-order valence-corrected chi connectivity index (χ3v) is 4.90. The molecular formula is C10H20N2S. The fraction of sp³-hybridized carbons (Fsp3) is 1.00. The molecule has 0 radical (unpaired) electrons. The molecular weight excluding hydrogens is 180 g/mol. The van der Waals surface area contributed by atoms with Crippen molar-refractivity contribution in [1.29, 1.82) is 0 Å². The molecule has 0 bridgehead atoms. The lowest BCUT2D eigenvalue weighted by Crippen LogP contribution is -2.53. The van der Waals surface area contributed by atoms with Crippen molar-refractivity contribution in [3.63, 3.8) is 0 Å². The van der Waals surface area contributed by atoms with E-state index in [1.165, 1.54) is 38.1 Å². The van der Waals surface area contributed by atoms with E-state index in [2.05, 4.69) is 23.6 Å². The summed E-state index contributed by atoms with van der Waals surface area (Å²) in [5, 5.41) is 0.809. The van der Waals surface area contributed by atoms with Crippen LogP contribution in [0.4, 0.5) is 0 Å². The second-order valence-electron chi connectivity index (χ2n) is 4.45. The Labute approximate surface area is 85.2 Å². The molecule has 0 saturated carbocycles. The molecule has 2 rings (SSSR count). The van der Waals surface area contributed by atoms with Crippen molar-refractivity contribution in [3.8, 4) is 0 Å². The minimum Gasteiger partial charge on any atom is -0.329 e. The highest BCUT2D eigenvalue weighted by atomic mass is 32.2. The highest BCUT2D eigenvalue weighted by molar-refractivity contribution is 8.00. The van der Waals surface area contributed by atoms with Crippen molar-refractivity contribution >= 4 is 11.8 Å². The van der Waals surface area contributed by atoms with Crippen molar-refractivity contribution in [2.75, 3.05) is 25.4 Å². The minimum atomic E-state index is 0.362. The Bertz CT molecular complexity index is 180. The quantitative estimate of drug-likeness (QED) is 0.728. The Balaban J connectivity index is 2.06. The summed E-state index contributed by atoms with van der Waals surface area (Å²) in [6.45, 7) is 5.75. The first kappa shape index (κ1) is 9.81. The summed E-state index contributed by atoms with van der Waals surface area (Å²) in [4.78, 5) is 2.64. The maximum atomic E-state index is 5.96. The van der Waals surface area contributed by atoms with Gasteiger partial charge in [0.15, 0.2) is 0 Å². The Hall–Kier alpha value is 0.270. The van der Waals surface area contributed by atoms with Gasteiger partial charge in [-0.15, -0.1) is 0 Å². The molecule has 2 saturated heterocycles. The molecule has 76 valence electrons. The molecule has 0 amide bonds. The van der Waals surface area contributed by atoms with Gasteiger partial charge in [0.1, 0.15) is 0 Å². The number of hydrogen-bond acceptors (Lipinski definition) is 3. The van der Waals surface area contributed by atoms with E-state index in [1.54, 1.807) is 0 Å². The van der Waals surface area contributed by atoms with Crippen LogP contribution in [0.2, 0.25) is 0 Å². The predicted octanol–water partition coefficient (Wildman–Crippen LogP) is 1.31. The molecule has 0 spiro atoms. The third-order valence-electron chi connectivity index (χ3n) is 3.46. The van der Waals surface area contributed by atoms with E-state index in [1.807, 2.05) is 0 Å². The molecule has 0 aromatic heterocycles. The molecule has 13 heavy (non-hydrogen) atoms. The van der Waals surface area contributed by atoms with Gasteiger partial charge in [-0.3, -0.25) is 4.90 Å². The Morgan fingerprint density at radius 2 is 2.15 bits per heavy atom. The molecule has 2 N–H and O–H groups in total. The number of hydrogen-bond donors (Lipinski definition) is 1. The van der Waals surface area contributed by atoms with E-state index in [9.17, 15) is 0 Å². The molecule has 2 heterocycles. The lowest BCUT2D eigenvalue weighted by molar-refractivity contribution is 0.145. The number of likely N-dealkylation sites (tertiary alicyclic amines) is 1. The smallest absolute Gasteiger partial charge is 0.0432 e. The molecule has 0 aromatic rings. The zero-order valence-electron chi connectivity index (χ0n) is 8.46. The summed E-state index contributed by atoms with van der Waals surface area (Å²) >= 11 is 2.09. The monoisotopic (exact) mass is 200 g/mol. The van der Waals surface area contributed by atoms with Gasteiger partial charge >= 0.3 is 0 Å². The van der Waals surface area contributed by atoms with Gasteiger partial charge in [0.2, 0.25) is 0 Å². The van der Waals surface area contributed by atoms with Crippen LogP contribution in [-0.2, 0) is 0 Å².